The lowest BCUT2D eigenvalue weighted by Crippen LogP contribution is -2.44. The Labute approximate surface area is 88.2 Å². The van der Waals surface area contributed by atoms with E-state index < -0.39 is 18.1 Å². The van der Waals surface area contributed by atoms with Gasteiger partial charge in [0.2, 0.25) is 0 Å². The highest BCUT2D eigenvalue weighted by atomic mass is 16.5. The summed E-state index contributed by atoms with van der Waals surface area (Å²) >= 11 is 0. The standard InChI is InChI=1S/C10H14N2O3/c1-7(9(11)10(13)14-2)15-8-4-3-5-12-6-8/h3-7,9H,11H2,1-2H3/t7-,9+/m0/s1. The second kappa shape index (κ2) is 5.31. The predicted molar refractivity (Wildman–Crippen MR) is 54.3 cm³/mol. The van der Waals surface area contributed by atoms with Crippen molar-refractivity contribution in [1.29, 1.82) is 0 Å². The topological polar surface area (TPSA) is 74.4 Å². The highest BCUT2D eigenvalue weighted by Gasteiger charge is 2.22. The van der Waals surface area contributed by atoms with Gasteiger partial charge in [0, 0.05) is 6.20 Å². The molecular weight excluding hydrogens is 196 g/mol. The maximum absolute atomic E-state index is 11.1. The average molecular weight is 210 g/mol. The zero-order chi connectivity index (χ0) is 11.3. The number of hydrogen-bond donors (Lipinski definition) is 1. The van der Waals surface area contributed by atoms with E-state index in [1.54, 1.807) is 31.5 Å². The highest BCUT2D eigenvalue weighted by molar-refractivity contribution is 5.76. The van der Waals surface area contributed by atoms with Crippen molar-refractivity contribution in [2.45, 2.75) is 19.1 Å². The minimum absolute atomic E-state index is 0.457. The number of carbonyl (C=O) groups is 1. The molecule has 0 saturated heterocycles. The van der Waals surface area contributed by atoms with Crippen molar-refractivity contribution in [3.63, 3.8) is 0 Å². The van der Waals surface area contributed by atoms with Gasteiger partial charge in [-0.1, -0.05) is 0 Å². The Morgan fingerprint density at radius 1 is 1.60 bits per heavy atom. The number of aromatic nitrogens is 1. The molecule has 1 heterocycles. The molecule has 0 spiro atoms. The first kappa shape index (κ1) is 11.5. The van der Waals surface area contributed by atoms with Gasteiger partial charge in [0.15, 0.2) is 0 Å². The number of methoxy groups -OCH3 is 1. The van der Waals surface area contributed by atoms with E-state index in [2.05, 4.69) is 9.72 Å². The van der Waals surface area contributed by atoms with Crippen LogP contribution in [0.15, 0.2) is 24.5 Å². The molecular formula is C10H14N2O3. The Morgan fingerprint density at radius 2 is 2.33 bits per heavy atom. The third-order valence-corrected chi connectivity index (χ3v) is 1.94. The van der Waals surface area contributed by atoms with Crippen molar-refractivity contribution in [3.05, 3.63) is 24.5 Å². The second-order valence-electron chi connectivity index (χ2n) is 3.06. The van der Waals surface area contributed by atoms with E-state index in [1.807, 2.05) is 0 Å². The van der Waals surface area contributed by atoms with Crippen LogP contribution in [0.3, 0.4) is 0 Å². The molecule has 0 bridgehead atoms. The van der Waals surface area contributed by atoms with Gasteiger partial charge in [0.1, 0.15) is 17.9 Å². The molecule has 0 aliphatic carbocycles. The van der Waals surface area contributed by atoms with Crippen LogP contribution in [0, 0.1) is 0 Å². The van der Waals surface area contributed by atoms with Gasteiger partial charge in [-0.05, 0) is 19.1 Å². The first-order valence-electron chi connectivity index (χ1n) is 4.55. The molecule has 0 aromatic carbocycles. The van der Waals surface area contributed by atoms with Crippen molar-refractivity contribution >= 4 is 5.97 Å². The van der Waals surface area contributed by atoms with Gasteiger partial charge >= 0.3 is 5.97 Å². The summed E-state index contributed by atoms with van der Waals surface area (Å²) in [4.78, 5) is 15.0. The summed E-state index contributed by atoms with van der Waals surface area (Å²) in [5.74, 6) is 0.0794. The van der Waals surface area contributed by atoms with E-state index in [4.69, 9.17) is 10.5 Å². The lowest BCUT2D eigenvalue weighted by atomic mass is 10.2. The molecule has 1 aromatic rings. The molecule has 0 radical (unpaired) electrons. The predicted octanol–water partition coefficient (Wildman–Crippen LogP) is 0.349. The number of rotatable bonds is 4. The van der Waals surface area contributed by atoms with Crippen LogP contribution in [0.1, 0.15) is 6.92 Å². The first-order valence-corrected chi connectivity index (χ1v) is 4.55. The van der Waals surface area contributed by atoms with Gasteiger partial charge in [0.25, 0.3) is 0 Å². The smallest absolute Gasteiger partial charge is 0.326 e. The fraction of sp³-hybridized carbons (Fsp3) is 0.400. The molecule has 2 atom stereocenters. The fourth-order valence-electron chi connectivity index (χ4n) is 1.03. The SMILES string of the molecule is COC(=O)[C@H](N)[C@H](C)Oc1cccnc1. The Bertz CT molecular complexity index is 316. The quantitative estimate of drug-likeness (QED) is 0.726. The third kappa shape index (κ3) is 3.21. The van der Waals surface area contributed by atoms with Crippen LogP contribution >= 0.6 is 0 Å². The lowest BCUT2D eigenvalue weighted by Gasteiger charge is -2.18. The molecule has 15 heavy (non-hydrogen) atoms. The molecule has 5 heteroatoms. The summed E-state index contributed by atoms with van der Waals surface area (Å²) in [6.45, 7) is 1.70. The third-order valence-electron chi connectivity index (χ3n) is 1.94. The molecule has 0 fully saturated rings. The van der Waals surface area contributed by atoms with Crippen LogP contribution in [0.25, 0.3) is 0 Å². The Hall–Kier alpha value is -1.62. The zero-order valence-corrected chi connectivity index (χ0v) is 8.71. The van der Waals surface area contributed by atoms with E-state index in [-0.39, 0.29) is 0 Å². The number of hydrogen-bond acceptors (Lipinski definition) is 5. The molecule has 2 N–H and O–H groups in total. The minimum Gasteiger partial charge on any atom is -0.487 e. The van der Waals surface area contributed by atoms with Crippen molar-refractivity contribution in [2.75, 3.05) is 7.11 Å². The van der Waals surface area contributed by atoms with E-state index >= 15 is 0 Å². The normalized spacial score (nSPS) is 14.1. The maximum Gasteiger partial charge on any atom is 0.326 e. The van der Waals surface area contributed by atoms with Crippen LogP contribution in [-0.4, -0.2) is 30.2 Å². The average Bonchev–Trinajstić information content (AvgIpc) is 2.28. The van der Waals surface area contributed by atoms with E-state index in [1.165, 1.54) is 7.11 Å². The minimum atomic E-state index is -0.796. The van der Waals surface area contributed by atoms with Crippen molar-refractivity contribution in [1.82, 2.24) is 4.98 Å². The summed E-state index contributed by atoms with van der Waals surface area (Å²) in [7, 11) is 1.29. The van der Waals surface area contributed by atoms with E-state index in [0.717, 1.165) is 0 Å². The van der Waals surface area contributed by atoms with Gasteiger partial charge < -0.3 is 15.2 Å². The van der Waals surface area contributed by atoms with Crippen molar-refractivity contribution in [2.24, 2.45) is 5.73 Å². The van der Waals surface area contributed by atoms with Crippen LogP contribution in [0.2, 0.25) is 0 Å². The van der Waals surface area contributed by atoms with Crippen LogP contribution in [-0.2, 0) is 9.53 Å². The van der Waals surface area contributed by atoms with Gasteiger partial charge in [-0.3, -0.25) is 9.78 Å². The number of nitrogens with zero attached hydrogens (tertiary/aromatic N) is 1. The Morgan fingerprint density at radius 3 is 2.87 bits per heavy atom. The monoisotopic (exact) mass is 210 g/mol. The number of pyridine rings is 1. The van der Waals surface area contributed by atoms with Crippen LogP contribution in [0.5, 0.6) is 5.75 Å². The summed E-state index contributed by atoms with van der Waals surface area (Å²) < 4.78 is 9.92. The maximum atomic E-state index is 11.1. The molecule has 82 valence electrons. The number of carbonyl (C=O) groups excluding carboxylic acids is 1. The first-order chi connectivity index (χ1) is 7.15. The molecule has 0 unspecified atom stereocenters. The number of esters is 1. The van der Waals surface area contributed by atoms with Crippen molar-refractivity contribution in [3.8, 4) is 5.75 Å². The summed E-state index contributed by atoms with van der Waals surface area (Å²) in [5.41, 5.74) is 5.60. The molecule has 1 rings (SSSR count). The largest absolute Gasteiger partial charge is 0.487 e. The number of nitrogens with two attached hydrogens (primary N) is 1. The summed E-state index contributed by atoms with van der Waals surface area (Å²) in [6, 6.07) is 2.69. The van der Waals surface area contributed by atoms with E-state index in [9.17, 15) is 4.79 Å². The van der Waals surface area contributed by atoms with Gasteiger partial charge in [-0.2, -0.15) is 0 Å². The molecule has 1 aromatic heterocycles. The molecule has 5 nitrogen and oxygen atoms in total. The van der Waals surface area contributed by atoms with Gasteiger partial charge in [-0.15, -0.1) is 0 Å². The lowest BCUT2D eigenvalue weighted by molar-refractivity contribution is -0.144. The Balaban J connectivity index is 2.56. The highest BCUT2D eigenvalue weighted by Crippen LogP contribution is 2.10. The molecule has 0 amide bonds. The fourth-order valence-corrected chi connectivity index (χ4v) is 1.03. The van der Waals surface area contributed by atoms with Crippen molar-refractivity contribution < 1.29 is 14.3 Å². The van der Waals surface area contributed by atoms with Crippen LogP contribution in [0.4, 0.5) is 0 Å². The van der Waals surface area contributed by atoms with Gasteiger partial charge in [0.05, 0.1) is 13.3 Å². The summed E-state index contributed by atoms with van der Waals surface area (Å²) in [6.07, 6.45) is 2.74. The molecule has 0 saturated carbocycles. The molecule has 0 aliphatic rings. The van der Waals surface area contributed by atoms with Gasteiger partial charge in [-0.25, -0.2) is 0 Å². The second-order valence-corrected chi connectivity index (χ2v) is 3.06. The van der Waals surface area contributed by atoms with Crippen LogP contribution < -0.4 is 10.5 Å². The number of ether oxygens (including phenoxy) is 2. The molecule has 0 aliphatic heterocycles. The van der Waals surface area contributed by atoms with E-state index in [0.29, 0.717) is 5.75 Å². The summed E-state index contributed by atoms with van der Waals surface area (Å²) in [5, 5.41) is 0. The zero-order valence-electron chi connectivity index (χ0n) is 8.71. The Kier molecular flexibility index (Phi) is 4.05.